The van der Waals surface area contributed by atoms with Gasteiger partial charge in [-0.3, -0.25) is 0 Å². The van der Waals surface area contributed by atoms with Crippen molar-refractivity contribution in [2.24, 2.45) is 0 Å². The molecule has 2 atom stereocenters. The van der Waals surface area contributed by atoms with Crippen LogP contribution < -0.4 is 4.65 Å². The van der Waals surface area contributed by atoms with Gasteiger partial charge in [0.2, 0.25) is 6.79 Å². The van der Waals surface area contributed by atoms with Crippen molar-refractivity contribution in [3.8, 4) is 5.75 Å². The van der Waals surface area contributed by atoms with Crippen molar-refractivity contribution in [3.63, 3.8) is 0 Å². The molecule has 0 spiro atoms. The Balaban J connectivity index is 1.73. The van der Waals surface area contributed by atoms with Gasteiger partial charge in [-0.25, -0.2) is 14.0 Å². The van der Waals surface area contributed by atoms with Gasteiger partial charge in [0.25, 0.3) is 0 Å². The van der Waals surface area contributed by atoms with Crippen LogP contribution in [0.2, 0.25) is 5.82 Å². The van der Waals surface area contributed by atoms with E-state index >= 15 is 0 Å². The van der Waals surface area contributed by atoms with Crippen LogP contribution in [-0.2, 0) is 14.2 Å². The van der Waals surface area contributed by atoms with Crippen molar-refractivity contribution < 1.29 is 37.9 Å². The lowest BCUT2D eigenvalue weighted by molar-refractivity contribution is -0.0265. The van der Waals surface area contributed by atoms with E-state index in [4.69, 9.17) is 9.39 Å². The molecule has 1 aliphatic carbocycles. The van der Waals surface area contributed by atoms with Crippen LogP contribution >= 0.6 is 0 Å². The largest absolute Gasteiger partial charge is 0.535 e. The van der Waals surface area contributed by atoms with E-state index in [0.717, 1.165) is 12.5 Å². The summed E-state index contributed by atoms with van der Waals surface area (Å²) in [6.07, 6.45) is -0.274. The van der Waals surface area contributed by atoms with Gasteiger partial charge in [-0.15, -0.1) is 0 Å². The Morgan fingerprint density at radius 3 is 2.91 bits per heavy atom. The van der Waals surface area contributed by atoms with Crippen LogP contribution in [0.15, 0.2) is 12.1 Å². The number of fused-ring (bicyclic) bond motifs is 3. The molecular weight excluding hydrogens is 310 g/mol. The Bertz CT molecular complexity index is 650. The quantitative estimate of drug-likeness (QED) is 0.513. The molecular formula is C14H14BFO7. The first-order chi connectivity index (χ1) is 11.0. The fourth-order valence-corrected chi connectivity index (χ4v) is 2.64. The molecule has 1 aromatic carbocycles. The first-order valence-electron chi connectivity index (χ1n) is 7.16. The SMILES string of the molecule is CCOC(=O)OCOC(=O)c1c(F)ccc2c1OB(O)C1CC21. The van der Waals surface area contributed by atoms with E-state index in [1.807, 2.05) is 0 Å². The van der Waals surface area contributed by atoms with Gasteiger partial charge < -0.3 is 23.9 Å². The summed E-state index contributed by atoms with van der Waals surface area (Å²) in [6, 6.07) is 2.69. The highest BCUT2D eigenvalue weighted by atomic mass is 19.1. The molecule has 122 valence electrons. The molecule has 3 rings (SSSR count). The van der Waals surface area contributed by atoms with Crippen molar-refractivity contribution in [1.29, 1.82) is 0 Å². The first-order valence-corrected chi connectivity index (χ1v) is 7.16. The number of rotatable bonds is 4. The van der Waals surface area contributed by atoms with Gasteiger partial charge in [-0.2, -0.15) is 0 Å². The Morgan fingerprint density at radius 2 is 2.17 bits per heavy atom. The number of hydrogen-bond donors (Lipinski definition) is 1. The summed E-state index contributed by atoms with van der Waals surface area (Å²) in [5.74, 6) is -1.87. The molecule has 1 saturated carbocycles. The molecule has 1 N–H and O–H groups in total. The molecule has 1 heterocycles. The second-order valence-corrected chi connectivity index (χ2v) is 5.23. The summed E-state index contributed by atoms with van der Waals surface area (Å²) in [4.78, 5) is 23.0. The predicted molar refractivity (Wildman–Crippen MR) is 74.5 cm³/mol. The lowest BCUT2D eigenvalue weighted by Gasteiger charge is -2.21. The van der Waals surface area contributed by atoms with Crippen LogP contribution in [-0.4, -0.2) is 37.7 Å². The second-order valence-electron chi connectivity index (χ2n) is 5.23. The van der Waals surface area contributed by atoms with Gasteiger partial charge in [0, 0.05) is 5.82 Å². The number of hydrogen-bond acceptors (Lipinski definition) is 7. The van der Waals surface area contributed by atoms with Crippen LogP contribution in [0.4, 0.5) is 9.18 Å². The molecule has 9 heteroatoms. The summed E-state index contributed by atoms with van der Waals surface area (Å²) < 4.78 is 33.0. The molecule has 7 nitrogen and oxygen atoms in total. The zero-order valence-electron chi connectivity index (χ0n) is 12.3. The molecule has 0 bridgehead atoms. The van der Waals surface area contributed by atoms with E-state index in [1.165, 1.54) is 6.07 Å². The van der Waals surface area contributed by atoms with Crippen LogP contribution in [0.1, 0.15) is 35.2 Å². The summed E-state index contributed by atoms with van der Waals surface area (Å²) in [6.45, 7) is 0.990. The summed E-state index contributed by atoms with van der Waals surface area (Å²) >= 11 is 0. The van der Waals surface area contributed by atoms with Gasteiger partial charge in [-0.1, -0.05) is 6.07 Å². The molecule has 1 aliphatic heterocycles. The van der Waals surface area contributed by atoms with Gasteiger partial charge in [0.15, 0.2) is 0 Å². The van der Waals surface area contributed by atoms with E-state index in [2.05, 4.69) is 9.47 Å². The fraction of sp³-hybridized carbons (Fsp3) is 0.429. The standard InChI is InChI=1S/C14H14BFO7/c1-2-20-14(18)22-6-21-13(17)11-10(16)4-3-7-8-5-9(8)15(19)23-12(7)11/h3-4,8-9,19H,2,5-6H2,1H3. The highest BCUT2D eigenvalue weighted by Gasteiger charge is 2.54. The molecule has 2 aliphatic rings. The molecule has 23 heavy (non-hydrogen) atoms. The summed E-state index contributed by atoms with van der Waals surface area (Å²) in [5.41, 5.74) is 0.249. The lowest BCUT2D eigenvalue weighted by Crippen LogP contribution is -2.28. The number of carbonyl (C=O) groups is 2. The molecule has 0 radical (unpaired) electrons. The van der Waals surface area contributed by atoms with Crippen LogP contribution in [0, 0.1) is 5.82 Å². The average Bonchev–Trinajstić information content (AvgIpc) is 3.28. The highest BCUT2D eigenvalue weighted by Crippen LogP contribution is 2.60. The smallest absolute Gasteiger partial charge is 0.526 e. The molecule has 0 saturated heterocycles. The van der Waals surface area contributed by atoms with Crippen LogP contribution in [0.5, 0.6) is 5.75 Å². The average molecular weight is 324 g/mol. The minimum Gasteiger partial charge on any atom is -0.535 e. The normalized spacial score (nSPS) is 20.7. The minimum absolute atomic E-state index is 0.0163. The summed E-state index contributed by atoms with van der Waals surface area (Å²) in [7, 11) is -1.07. The Morgan fingerprint density at radius 1 is 1.39 bits per heavy atom. The molecule has 1 fully saturated rings. The fourth-order valence-electron chi connectivity index (χ4n) is 2.64. The monoisotopic (exact) mass is 324 g/mol. The van der Waals surface area contributed by atoms with Crippen molar-refractivity contribution in [3.05, 3.63) is 29.1 Å². The molecule has 1 aromatic rings. The maximum absolute atomic E-state index is 14.0. The molecule has 2 unspecified atom stereocenters. The third-order valence-electron chi connectivity index (χ3n) is 3.81. The third-order valence-corrected chi connectivity index (χ3v) is 3.81. The van der Waals surface area contributed by atoms with E-state index in [9.17, 15) is 19.0 Å². The van der Waals surface area contributed by atoms with Gasteiger partial charge in [0.1, 0.15) is 17.1 Å². The van der Waals surface area contributed by atoms with Crippen molar-refractivity contribution in [1.82, 2.24) is 0 Å². The number of halogens is 1. The number of ether oxygens (including phenoxy) is 3. The van der Waals surface area contributed by atoms with Crippen molar-refractivity contribution >= 4 is 19.2 Å². The van der Waals surface area contributed by atoms with E-state index in [0.29, 0.717) is 5.56 Å². The van der Waals surface area contributed by atoms with Gasteiger partial charge >= 0.3 is 19.2 Å². The van der Waals surface area contributed by atoms with Crippen LogP contribution in [0.25, 0.3) is 0 Å². The topological polar surface area (TPSA) is 91.3 Å². The predicted octanol–water partition coefficient (Wildman–Crippen LogP) is 1.84. The minimum atomic E-state index is -1.07. The van der Waals surface area contributed by atoms with Gasteiger partial charge in [0.05, 0.1) is 6.61 Å². The Hall–Kier alpha value is -2.29. The Kier molecular flexibility index (Phi) is 4.12. The summed E-state index contributed by atoms with van der Waals surface area (Å²) in [5, 5.41) is 9.79. The zero-order valence-corrected chi connectivity index (χ0v) is 12.3. The molecule has 0 aromatic heterocycles. The number of benzene rings is 1. The first kappa shape index (κ1) is 15.6. The highest BCUT2D eigenvalue weighted by molar-refractivity contribution is 6.48. The maximum atomic E-state index is 14.0. The number of carbonyl (C=O) groups excluding carboxylic acids is 2. The zero-order chi connectivity index (χ0) is 16.6. The van der Waals surface area contributed by atoms with E-state index in [-0.39, 0.29) is 24.1 Å². The van der Waals surface area contributed by atoms with Crippen LogP contribution in [0.3, 0.4) is 0 Å². The third kappa shape index (κ3) is 2.96. The van der Waals surface area contributed by atoms with Crippen molar-refractivity contribution in [2.45, 2.75) is 25.1 Å². The number of esters is 1. The lowest BCUT2D eigenvalue weighted by atomic mass is 9.77. The Labute approximate surface area is 131 Å². The van der Waals surface area contributed by atoms with Gasteiger partial charge in [-0.05, 0) is 30.9 Å². The van der Waals surface area contributed by atoms with E-state index in [1.54, 1.807) is 6.92 Å². The molecule has 0 amide bonds. The van der Waals surface area contributed by atoms with E-state index < -0.39 is 37.4 Å². The second kappa shape index (κ2) is 6.07. The maximum Gasteiger partial charge on any atom is 0.526 e. The van der Waals surface area contributed by atoms with Crippen molar-refractivity contribution in [2.75, 3.05) is 13.4 Å².